The molecule has 0 saturated heterocycles. The van der Waals surface area contributed by atoms with Crippen molar-refractivity contribution in [2.24, 2.45) is 5.73 Å². The molecule has 0 radical (unpaired) electrons. The fourth-order valence-corrected chi connectivity index (χ4v) is 3.39. The van der Waals surface area contributed by atoms with Gasteiger partial charge in [-0.1, -0.05) is 11.6 Å². The molecule has 1 aliphatic carbocycles. The van der Waals surface area contributed by atoms with Crippen molar-refractivity contribution in [1.29, 1.82) is 0 Å². The van der Waals surface area contributed by atoms with Gasteiger partial charge in [-0.2, -0.15) is 5.10 Å². The topological polar surface area (TPSA) is 77.5 Å². The van der Waals surface area contributed by atoms with Crippen molar-refractivity contribution in [2.75, 3.05) is 5.32 Å². The van der Waals surface area contributed by atoms with Gasteiger partial charge in [0.25, 0.3) is 0 Å². The Kier molecular flexibility index (Phi) is 4.65. The van der Waals surface area contributed by atoms with E-state index >= 15 is 0 Å². The first-order valence-electron chi connectivity index (χ1n) is 8.57. The summed E-state index contributed by atoms with van der Waals surface area (Å²) in [5.41, 5.74) is 7.32. The molecule has 8 heteroatoms. The van der Waals surface area contributed by atoms with Crippen LogP contribution in [0.2, 0.25) is 5.02 Å². The van der Waals surface area contributed by atoms with Crippen LogP contribution in [0.5, 0.6) is 5.75 Å². The van der Waals surface area contributed by atoms with Gasteiger partial charge in [-0.3, -0.25) is 0 Å². The normalized spacial score (nSPS) is 20.3. The number of nitrogens with two attached hydrogens (primary N) is 1. The summed E-state index contributed by atoms with van der Waals surface area (Å²) in [6.07, 6.45) is 7.20. The maximum absolute atomic E-state index is 13.4. The Bertz CT molecular complexity index is 923. The van der Waals surface area contributed by atoms with Crippen molar-refractivity contribution in [3.8, 4) is 5.75 Å². The summed E-state index contributed by atoms with van der Waals surface area (Å²) in [6.45, 7) is 0. The number of ether oxygens (including phenoxy) is 1. The number of benzene rings is 1. The number of anilines is 2. The monoisotopic (exact) mass is 375 g/mol. The zero-order chi connectivity index (χ0) is 18.1. The summed E-state index contributed by atoms with van der Waals surface area (Å²) < 4.78 is 21.3. The summed E-state index contributed by atoms with van der Waals surface area (Å²) in [5.74, 6) is 0.809. The number of rotatable bonds is 4. The van der Waals surface area contributed by atoms with E-state index in [1.807, 2.05) is 12.3 Å². The van der Waals surface area contributed by atoms with Crippen LogP contribution in [-0.4, -0.2) is 26.7 Å². The van der Waals surface area contributed by atoms with E-state index in [1.54, 1.807) is 10.6 Å². The highest BCUT2D eigenvalue weighted by Gasteiger charge is 2.22. The first kappa shape index (κ1) is 17.1. The van der Waals surface area contributed by atoms with Gasteiger partial charge in [0.2, 0.25) is 0 Å². The number of hydrogen-bond acceptors (Lipinski definition) is 5. The molecule has 2 aromatic heterocycles. The van der Waals surface area contributed by atoms with E-state index in [4.69, 9.17) is 22.1 Å². The van der Waals surface area contributed by atoms with Crippen molar-refractivity contribution in [3.05, 3.63) is 47.6 Å². The minimum atomic E-state index is -0.465. The zero-order valence-corrected chi connectivity index (χ0v) is 14.8. The SMILES string of the molecule is NC1CCC(Oc2ccn3ncnc(Nc4ccc(F)c(Cl)c4)c23)CC1. The third-order valence-electron chi connectivity index (χ3n) is 4.61. The van der Waals surface area contributed by atoms with Crippen LogP contribution in [0.15, 0.2) is 36.8 Å². The minimum Gasteiger partial charge on any atom is -0.488 e. The second kappa shape index (κ2) is 7.09. The number of aromatic nitrogens is 3. The van der Waals surface area contributed by atoms with E-state index in [9.17, 15) is 4.39 Å². The molecular formula is C18H19ClFN5O. The molecule has 0 atom stereocenters. The minimum absolute atomic E-state index is 0.0467. The van der Waals surface area contributed by atoms with E-state index in [1.165, 1.54) is 18.5 Å². The average Bonchev–Trinajstić information content (AvgIpc) is 3.04. The van der Waals surface area contributed by atoms with Crippen molar-refractivity contribution >= 4 is 28.6 Å². The fourth-order valence-electron chi connectivity index (χ4n) is 3.21. The van der Waals surface area contributed by atoms with E-state index in [-0.39, 0.29) is 17.2 Å². The van der Waals surface area contributed by atoms with Crippen LogP contribution in [0, 0.1) is 5.82 Å². The number of nitrogens with one attached hydrogen (secondary N) is 1. The van der Waals surface area contributed by atoms with Gasteiger partial charge >= 0.3 is 0 Å². The maximum Gasteiger partial charge on any atom is 0.162 e. The fraction of sp³-hybridized carbons (Fsp3) is 0.333. The smallest absolute Gasteiger partial charge is 0.162 e. The molecule has 136 valence electrons. The third kappa shape index (κ3) is 3.45. The van der Waals surface area contributed by atoms with Crippen molar-refractivity contribution in [1.82, 2.24) is 14.6 Å². The Balaban J connectivity index is 1.62. The lowest BCUT2D eigenvalue weighted by molar-refractivity contribution is 0.149. The lowest BCUT2D eigenvalue weighted by Crippen LogP contribution is -2.31. The van der Waals surface area contributed by atoms with Gasteiger partial charge in [0.05, 0.1) is 11.1 Å². The van der Waals surface area contributed by atoms with Crippen LogP contribution < -0.4 is 15.8 Å². The molecule has 4 rings (SSSR count). The molecular weight excluding hydrogens is 357 g/mol. The second-order valence-electron chi connectivity index (χ2n) is 6.49. The molecule has 2 heterocycles. The Morgan fingerprint density at radius 3 is 2.81 bits per heavy atom. The average molecular weight is 376 g/mol. The molecule has 6 nitrogen and oxygen atoms in total. The number of halogens is 2. The number of hydrogen-bond donors (Lipinski definition) is 2. The number of nitrogens with zero attached hydrogens (tertiary/aromatic N) is 3. The molecule has 0 bridgehead atoms. The predicted octanol–water partition coefficient (Wildman–Crippen LogP) is 3.91. The Labute approximate surface area is 155 Å². The molecule has 0 amide bonds. The number of fused-ring (bicyclic) bond motifs is 1. The Hall–Kier alpha value is -2.38. The summed E-state index contributed by atoms with van der Waals surface area (Å²) in [6, 6.07) is 6.57. The van der Waals surface area contributed by atoms with Crippen LogP contribution in [0.1, 0.15) is 25.7 Å². The van der Waals surface area contributed by atoms with Crippen molar-refractivity contribution in [2.45, 2.75) is 37.8 Å². The van der Waals surface area contributed by atoms with Crippen LogP contribution in [0.25, 0.3) is 5.52 Å². The molecule has 3 N–H and O–H groups in total. The maximum atomic E-state index is 13.4. The van der Waals surface area contributed by atoms with E-state index in [0.717, 1.165) is 31.2 Å². The van der Waals surface area contributed by atoms with Gasteiger partial charge in [-0.15, -0.1) is 0 Å². The molecule has 0 aliphatic heterocycles. The lowest BCUT2D eigenvalue weighted by atomic mass is 9.94. The first-order valence-corrected chi connectivity index (χ1v) is 8.94. The first-order chi connectivity index (χ1) is 12.6. The molecule has 1 aliphatic rings. The molecule has 0 unspecified atom stereocenters. The van der Waals surface area contributed by atoms with Crippen LogP contribution >= 0.6 is 11.6 Å². The highest BCUT2D eigenvalue weighted by Crippen LogP contribution is 2.32. The molecule has 0 spiro atoms. The summed E-state index contributed by atoms with van der Waals surface area (Å²) >= 11 is 5.86. The van der Waals surface area contributed by atoms with Crippen LogP contribution in [0.4, 0.5) is 15.9 Å². The van der Waals surface area contributed by atoms with Gasteiger partial charge in [0.1, 0.15) is 17.7 Å². The highest BCUT2D eigenvalue weighted by molar-refractivity contribution is 6.31. The molecule has 1 fully saturated rings. The van der Waals surface area contributed by atoms with Crippen molar-refractivity contribution in [3.63, 3.8) is 0 Å². The second-order valence-corrected chi connectivity index (χ2v) is 6.90. The van der Waals surface area contributed by atoms with Crippen molar-refractivity contribution < 1.29 is 9.13 Å². The van der Waals surface area contributed by atoms with Crippen LogP contribution in [-0.2, 0) is 0 Å². The van der Waals surface area contributed by atoms with Gasteiger partial charge in [-0.25, -0.2) is 13.9 Å². The van der Waals surface area contributed by atoms with Gasteiger partial charge in [0, 0.05) is 24.0 Å². The van der Waals surface area contributed by atoms with Crippen LogP contribution in [0.3, 0.4) is 0 Å². The Morgan fingerprint density at radius 2 is 2.04 bits per heavy atom. The molecule has 26 heavy (non-hydrogen) atoms. The highest BCUT2D eigenvalue weighted by atomic mass is 35.5. The standard InChI is InChI=1S/C18H19ClFN5O/c19-14-9-12(3-6-15(14)20)24-18-17-16(7-8-25(17)23-10-22-18)26-13-4-1-11(21)2-5-13/h3,6-11,13H,1-2,4-5,21H2,(H,22,23,24). The summed E-state index contributed by atoms with van der Waals surface area (Å²) in [5, 5.41) is 7.43. The van der Waals surface area contributed by atoms with Gasteiger partial charge < -0.3 is 15.8 Å². The van der Waals surface area contributed by atoms with E-state index in [0.29, 0.717) is 17.3 Å². The predicted molar refractivity (Wildman–Crippen MR) is 98.5 cm³/mol. The largest absolute Gasteiger partial charge is 0.488 e. The Morgan fingerprint density at radius 1 is 1.23 bits per heavy atom. The van der Waals surface area contributed by atoms with E-state index in [2.05, 4.69) is 15.4 Å². The third-order valence-corrected chi connectivity index (χ3v) is 4.90. The lowest BCUT2D eigenvalue weighted by Gasteiger charge is -2.26. The van der Waals surface area contributed by atoms with Gasteiger partial charge in [-0.05, 0) is 43.9 Å². The van der Waals surface area contributed by atoms with E-state index < -0.39 is 5.82 Å². The molecule has 1 saturated carbocycles. The summed E-state index contributed by atoms with van der Waals surface area (Å²) in [7, 11) is 0. The summed E-state index contributed by atoms with van der Waals surface area (Å²) in [4.78, 5) is 4.31. The van der Waals surface area contributed by atoms with Gasteiger partial charge in [0.15, 0.2) is 11.6 Å². The quantitative estimate of drug-likeness (QED) is 0.722. The molecule has 1 aromatic carbocycles. The molecule has 3 aromatic rings. The zero-order valence-electron chi connectivity index (χ0n) is 14.0.